The number of unbranched alkanes of at least 4 members (excludes halogenated alkanes) is 12. The molecule has 0 aromatic heterocycles. The number of allylic oxidation sites excluding steroid dienone is 2. The SMILES string of the molecule is CCCCCCCC/C=C\CCCCCCCCN(CC(=O)O)CC(O)O.NCC(=O)OCC(O)O. The number of nitrogens with zero attached hydrogens (tertiary/aromatic N) is 1. The Kier molecular flexibility index (Phi) is 28.5. The number of carbonyl (C=O) groups excluding carboxylic acids is 1. The van der Waals surface area contributed by atoms with E-state index in [2.05, 4.69) is 23.8 Å². The van der Waals surface area contributed by atoms with E-state index in [0.717, 1.165) is 19.3 Å². The molecule has 0 amide bonds. The van der Waals surface area contributed by atoms with Gasteiger partial charge >= 0.3 is 11.9 Å². The first-order valence-electron chi connectivity index (χ1n) is 13.4. The summed E-state index contributed by atoms with van der Waals surface area (Å²) in [5.41, 5.74) is 4.82. The summed E-state index contributed by atoms with van der Waals surface area (Å²) < 4.78 is 4.19. The van der Waals surface area contributed by atoms with Crippen molar-refractivity contribution in [2.75, 3.05) is 32.8 Å². The smallest absolute Gasteiger partial charge is 0.319 e. The van der Waals surface area contributed by atoms with Crippen LogP contribution in [-0.4, -0.2) is 87.7 Å². The molecule has 0 aromatic carbocycles. The predicted molar refractivity (Wildman–Crippen MR) is 140 cm³/mol. The van der Waals surface area contributed by atoms with Gasteiger partial charge in [0, 0.05) is 6.54 Å². The lowest BCUT2D eigenvalue weighted by Crippen LogP contribution is -2.37. The Labute approximate surface area is 217 Å². The predicted octanol–water partition coefficient (Wildman–Crippen LogP) is 2.52. The van der Waals surface area contributed by atoms with Crippen molar-refractivity contribution in [2.45, 2.75) is 109 Å². The maximum absolute atomic E-state index is 10.8. The highest BCUT2D eigenvalue weighted by Crippen LogP contribution is 2.10. The molecular weight excluding hydrogens is 468 g/mol. The maximum atomic E-state index is 10.8. The van der Waals surface area contributed by atoms with Gasteiger partial charge in [0.25, 0.3) is 0 Å². The third-order valence-electron chi connectivity index (χ3n) is 5.33. The Morgan fingerprint density at radius 1 is 0.806 bits per heavy atom. The van der Waals surface area contributed by atoms with E-state index in [4.69, 9.17) is 31.3 Å². The number of carboxylic acid groups (broad SMARTS) is 1. The number of nitrogens with two attached hydrogens (primary N) is 1. The Balaban J connectivity index is 0. The van der Waals surface area contributed by atoms with E-state index in [-0.39, 0.29) is 19.6 Å². The fourth-order valence-electron chi connectivity index (χ4n) is 3.47. The zero-order valence-electron chi connectivity index (χ0n) is 22.2. The lowest BCUT2D eigenvalue weighted by molar-refractivity contribution is -0.154. The minimum Gasteiger partial charge on any atom is -0.480 e. The Bertz CT molecular complexity index is 530. The second-order valence-electron chi connectivity index (χ2n) is 8.92. The summed E-state index contributed by atoms with van der Waals surface area (Å²) >= 11 is 0. The maximum Gasteiger partial charge on any atom is 0.319 e. The monoisotopic (exact) mass is 520 g/mol. The largest absolute Gasteiger partial charge is 0.480 e. The molecule has 7 N–H and O–H groups in total. The number of ether oxygens (including phenoxy) is 1. The molecule has 0 bridgehead atoms. The van der Waals surface area contributed by atoms with Gasteiger partial charge in [-0.25, -0.2) is 0 Å². The van der Waals surface area contributed by atoms with Crippen LogP contribution in [0.2, 0.25) is 0 Å². The van der Waals surface area contributed by atoms with Crippen molar-refractivity contribution in [1.82, 2.24) is 4.90 Å². The van der Waals surface area contributed by atoms with Crippen molar-refractivity contribution in [2.24, 2.45) is 5.73 Å². The average Bonchev–Trinajstić information content (AvgIpc) is 2.81. The molecule has 0 aliphatic carbocycles. The van der Waals surface area contributed by atoms with Crippen LogP contribution in [0.5, 0.6) is 0 Å². The summed E-state index contributed by atoms with van der Waals surface area (Å²) in [6.07, 6.45) is 19.0. The van der Waals surface area contributed by atoms with Crippen molar-refractivity contribution in [3.05, 3.63) is 12.2 Å². The van der Waals surface area contributed by atoms with Crippen molar-refractivity contribution in [3.8, 4) is 0 Å². The van der Waals surface area contributed by atoms with E-state index in [0.29, 0.717) is 6.54 Å². The highest BCUT2D eigenvalue weighted by Gasteiger charge is 2.12. The molecule has 0 saturated carbocycles. The van der Waals surface area contributed by atoms with E-state index >= 15 is 0 Å². The second-order valence-corrected chi connectivity index (χ2v) is 8.92. The lowest BCUT2D eigenvalue weighted by Gasteiger charge is -2.20. The van der Waals surface area contributed by atoms with Crippen molar-refractivity contribution >= 4 is 11.9 Å². The van der Waals surface area contributed by atoms with Crippen LogP contribution in [0.4, 0.5) is 0 Å². The summed E-state index contributed by atoms with van der Waals surface area (Å²) in [4.78, 5) is 22.5. The number of carbonyl (C=O) groups is 2. The van der Waals surface area contributed by atoms with Gasteiger partial charge in [0.15, 0.2) is 12.6 Å². The normalized spacial score (nSPS) is 11.4. The molecule has 0 aliphatic heterocycles. The minimum absolute atomic E-state index is 0.00260. The van der Waals surface area contributed by atoms with Gasteiger partial charge in [0.05, 0.1) is 13.1 Å². The number of esters is 1. The number of hydrogen-bond acceptors (Lipinski definition) is 9. The molecule has 0 saturated heterocycles. The van der Waals surface area contributed by atoms with Crippen LogP contribution < -0.4 is 5.73 Å². The van der Waals surface area contributed by atoms with Gasteiger partial charge in [0.1, 0.15) is 6.61 Å². The Morgan fingerprint density at radius 3 is 1.75 bits per heavy atom. The van der Waals surface area contributed by atoms with Gasteiger partial charge in [-0.05, 0) is 38.6 Å². The van der Waals surface area contributed by atoms with Crippen LogP contribution in [0.15, 0.2) is 12.2 Å². The van der Waals surface area contributed by atoms with Gasteiger partial charge in [-0.3, -0.25) is 14.5 Å². The summed E-state index contributed by atoms with van der Waals surface area (Å²) in [7, 11) is 0. The van der Waals surface area contributed by atoms with Gasteiger partial charge < -0.3 is 36.0 Å². The van der Waals surface area contributed by atoms with Crippen LogP contribution in [0.3, 0.4) is 0 Å². The number of aliphatic hydroxyl groups excluding tert-OH is 2. The lowest BCUT2D eigenvalue weighted by atomic mass is 10.1. The molecule has 0 atom stereocenters. The third kappa shape index (κ3) is 32.4. The van der Waals surface area contributed by atoms with E-state index in [1.165, 1.54) is 70.6 Å². The van der Waals surface area contributed by atoms with Gasteiger partial charge in [-0.15, -0.1) is 0 Å². The van der Waals surface area contributed by atoms with E-state index in [1.807, 2.05) is 0 Å². The molecule has 0 heterocycles. The van der Waals surface area contributed by atoms with E-state index in [9.17, 15) is 9.59 Å². The van der Waals surface area contributed by atoms with Crippen molar-refractivity contribution in [1.29, 1.82) is 0 Å². The molecule has 0 spiro atoms. The first kappa shape index (κ1) is 36.6. The molecule has 0 rings (SSSR count). The van der Waals surface area contributed by atoms with Gasteiger partial charge in [-0.1, -0.05) is 76.9 Å². The molecule has 0 aromatic rings. The summed E-state index contributed by atoms with van der Waals surface area (Å²) in [6.45, 7) is 2.05. The molecule has 36 heavy (non-hydrogen) atoms. The molecule has 10 nitrogen and oxygen atoms in total. The first-order chi connectivity index (χ1) is 17.2. The first-order valence-corrected chi connectivity index (χ1v) is 13.4. The highest BCUT2D eigenvalue weighted by atomic mass is 16.6. The molecule has 0 fully saturated rings. The van der Waals surface area contributed by atoms with Crippen LogP contribution in [0, 0.1) is 0 Å². The minimum atomic E-state index is -1.61. The second kappa shape index (κ2) is 28.0. The quantitative estimate of drug-likeness (QED) is 0.0508. The highest BCUT2D eigenvalue weighted by molar-refractivity contribution is 5.71. The van der Waals surface area contributed by atoms with Crippen LogP contribution in [0.1, 0.15) is 96.8 Å². The summed E-state index contributed by atoms with van der Waals surface area (Å²) in [6, 6.07) is 0. The van der Waals surface area contributed by atoms with Gasteiger partial charge in [0.2, 0.25) is 0 Å². The number of hydrogen-bond donors (Lipinski definition) is 6. The average molecular weight is 521 g/mol. The molecule has 10 heteroatoms. The topological polar surface area (TPSA) is 174 Å². The number of rotatable bonds is 23. The zero-order chi connectivity index (χ0) is 27.4. The van der Waals surface area contributed by atoms with Crippen LogP contribution >= 0.6 is 0 Å². The van der Waals surface area contributed by atoms with Gasteiger partial charge in [-0.2, -0.15) is 0 Å². The van der Waals surface area contributed by atoms with Crippen molar-refractivity contribution in [3.63, 3.8) is 0 Å². The molecular formula is C26H52N2O8. The van der Waals surface area contributed by atoms with E-state index < -0.39 is 31.1 Å². The fourth-order valence-corrected chi connectivity index (χ4v) is 3.47. The zero-order valence-corrected chi connectivity index (χ0v) is 22.2. The van der Waals surface area contributed by atoms with E-state index in [1.54, 1.807) is 4.90 Å². The van der Waals surface area contributed by atoms with Crippen LogP contribution in [0.25, 0.3) is 0 Å². The molecule has 214 valence electrons. The summed E-state index contributed by atoms with van der Waals surface area (Å²) in [5.74, 6) is -1.58. The number of carboxylic acids is 1. The Hall–Kier alpha value is -1.56. The standard InChI is InChI=1S/C22H43NO4.C4H9NO4/c1-2-3-4-5-6-7-8-9-10-11-12-13-14-15-16-17-18-23(19-21(24)25)20-22(26)27;5-1-4(8)9-2-3(6)7/h9-10,21,24-25H,2-8,11-20H2,1H3,(H,26,27);3,6-7H,1-2,5H2/b10-9-;. The fraction of sp³-hybridized carbons (Fsp3) is 0.846. The number of aliphatic hydroxyl groups is 4. The number of aliphatic carboxylic acids is 1. The molecule has 0 radical (unpaired) electrons. The summed E-state index contributed by atoms with van der Waals surface area (Å²) in [5, 5.41) is 43.1. The molecule has 0 unspecified atom stereocenters. The van der Waals surface area contributed by atoms with Crippen molar-refractivity contribution < 1.29 is 39.9 Å². The van der Waals surface area contributed by atoms with Crippen LogP contribution in [-0.2, 0) is 14.3 Å². The Morgan fingerprint density at radius 2 is 1.31 bits per heavy atom. The molecule has 0 aliphatic rings. The third-order valence-corrected chi connectivity index (χ3v) is 5.33.